The minimum atomic E-state index is -3.76. The van der Waals surface area contributed by atoms with Crippen LogP contribution < -0.4 is 4.74 Å². The average Bonchev–Trinajstić information content (AvgIpc) is 2.06. The molecule has 0 spiro atoms. The first-order valence-electron chi connectivity index (χ1n) is 3.52. The van der Waals surface area contributed by atoms with Gasteiger partial charge < -0.3 is 4.74 Å². The van der Waals surface area contributed by atoms with Gasteiger partial charge in [0.25, 0.3) is 9.05 Å². The molecule has 0 saturated carbocycles. The summed E-state index contributed by atoms with van der Waals surface area (Å²) in [6, 6.07) is 1.36. The molecule has 0 N–H and O–H groups in total. The maximum atomic E-state index is 11.1. The molecule has 7 heteroatoms. The van der Waals surface area contributed by atoms with Crippen LogP contribution in [0.5, 0.6) is 5.88 Å². The number of ether oxygens (including phenoxy) is 1. The highest BCUT2D eigenvalue weighted by Gasteiger charge is 2.17. The molecule has 0 aliphatic heterocycles. The monoisotopic (exact) mass is 299 g/mol. The number of methoxy groups -OCH3 is 1. The molecule has 0 saturated heterocycles. The lowest BCUT2D eigenvalue weighted by atomic mass is 10.4. The summed E-state index contributed by atoms with van der Waals surface area (Å²) in [5.74, 6) is 0.326. The van der Waals surface area contributed by atoms with E-state index in [0.29, 0.717) is 16.0 Å². The van der Waals surface area contributed by atoms with Gasteiger partial charge in [-0.1, -0.05) is 0 Å². The van der Waals surface area contributed by atoms with Gasteiger partial charge >= 0.3 is 0 Å². The predicted molar refractivity (Wildman–Crippen MR) is 56.3 cm³/mol. The lowest BCUT2D eigenvalue weighted by molar-refractivity contribution is 0.393. The number of hydrogen-bond donors (Lipinski definition) is 0. The third-order valence-electron chi connectivity index (χ3n) is 1.54. The molecule has 1 heterocycles. The zero-order valence-corrected chi connectivity index (χ0v) is 10.6. The molecule has 0 aliphatic rings. The molecule has 0 radical (unpaired) electrons. The van der Waals surface area contributed by atoms with Crippen molar-refractivity contribution in [3.05, 3.63) is 16.2 Å². The Hall–Kier alpha value is -0.330. The van der Waals surface area contributed by atoms with E-state index >= 15 is 0 Å². The fraction of sp³-hybridized carbons (Fsp3) is 0.286. The Kier molecular flexibility index (Phi) is 3.39. The molecule has 14 heavy (non-hydrogen) atoms. The highest BCUT2D eigenvalue weighted by molar-refractivity contribution is 9.10. The van der Waals surface area contributed by atoms with E-state index in [-0.39, 0.29) is 4.90 Å². The first-order valence-corrected chi connectivity index (χ1v) is 6.62. The molecule has 0 fully saturated rings. The quantitative estimate of drug-likeness (QED) is 0.785. The Morgan fingerprint density at radius 1 is 1.57 bits per heavy atom. The molecule has 0 amide bonds. The van der Waals surface area contributed by atoms with Gasteiger partial charge in [0.05, 0.1) is 17.3 Å². The minimum Gasteiger partial charge on any atom is -0.480 e. The minimum absolute atomic E-state index is 0.0214. The smallest absolute Gasteiger partial charge is 0.263 e. The first-order chi connectivity index (χ1) is 6.36. The van der Waals surface area contributed by atoms with Gasteiger partial charge in [-0.3, -0.25) is 0 Å². The van der Waals surface area contributed by atoms with Gasteiger partial charge in [-0.25, -0.2) is 13.4 Å². The van der Waals surface area contributed by atoms with Gasteiger partial charge in [0, 0.05) is 10.7 Å². The topological polar surface area (TPSA) is 56.3 Å². The molecule has 0 aromatic carbocycles. The molecule has 4 nitrogen and oxygen atoms in total. The number of pyridine rings is 1. The van der Waals surface area contributed by atoms with Crippen LogP contribution in [0, 0.1) is 6.92 Å². The fourth-order valence-corrected chi connectivity index (χ4v) is 2.69. The Balaban J connectivity index is 3.44. The average molecular weight is 301 g/mol. The van der Waals surface area contributed by atoms with E-state index in [4.69, 9.17) is 15.4 Å². The van der Waals surface area contributed by atoms with Crippen molar-refractivity contribution in [1.29, 1.82) is 0 Å². The van der Waals surface area contributed by atoms with Gasteiger partial charge in [-0.15, -0.1) is 0 Å². The van der Waals surface area contributed by atoms with E-state index in [1.807, 2.05) is 0 Å². The maximum Gasteiger partial charge on any atom is 0.263 e. The van der Waals surface area contributed by atoms with E-state index in [9.17, 15) is 8.42 Å². The molecule has 0 bridgehead atoms. The molecular formula is C7H7BrClNO3S. The van der Waals surface area contributed by atoms with Crippen LogP contribution in [0.15, 0.2) is 15.4 Å². The van der Waals surface area contributed by atoms with Crippen molar-refractivity contribution in [2.75, 3.05) is 7.11 Å². The molecule has 1 aromatic rings. The summed E-state index contributed by atoms with van der Waals surface area (Å²) in [6.45, 7) is 1.55. The molecular weight excluding hydrogens is 294 g/mol. The summed E-state index contributed by atoms with van der Waals surface area (Å²) in [4.78, 5) is 3.90. The van der Waals surface area contributed by atoms with Crippen LogP contribution in [0.3, 0.4) is 0 Å². The molecule has 0 unspecified atom stereocenters. The fourth-order valence-electron chi connectivity index (χ4n) is 0.932. The number of halogens is 2. The molecule has 1 rings (SSSR count). The van der Waals surface area contributed by atoms with Crippen molar-refractivity contribution in [3.8, 4) is 5.88 Å². The van der Waals surface area contributed by atoms with Crippen molar-refractivity contribution in [1.82, 2.24) is 4.98 Å². The number of nitrogens with zero attached hydrogens (tertiary/aromatic N) is 1. The molecule has 0 aliphatic carbocycles. The summed E-state index contributed by atoms with van der Waals surface area (Å²) in [6.07, 6.45) is 0. The van der Waals surface area contributed by atoms with Gasteiger partial charge in [0.15, 0.2) is 0 Å². The lowest BCUT2D eigenvalue weighted by Gasteiger charge is -2.06. The lowest BCUT2D eigenvalue weighted by Crippen LogP contribution is -1.99. The Labute approximate surface area is 94.8 Å². The van der Waals surface area contributed by atoms with Crippen LogP contribution >= 0.6 is 26.6 Å². The standard InChI is InChI=1S/C7H7BrClNO3S/c1-4-6(14(9,11)12)3-5(8)7(10-4)13-2/h3H,1-2H3. The van der Waals surface area contributed by atoms with Crippen LogP contribution in [-0.2, 0) is 9.05 Å². The number of hydrogen-bond acceptors (Lipinski definition) is 4. The zero-order valence-electron chi connectivity index (χ0n) is 7.41. The third kappa shape index (κ3) is 2.37. The van der Waals surface area contributed by atoms with Gasteiger partial charge in [0.1, 0.15) is 4.90 Å². The second kappa shape index (κ2) is 4.04. The van der Waals surface area contributed by atoms with Crippen LogP contribution in [-0.4, -0.2) is 20.5 Å². The van der Waals surface area contributed by atoms with Crippen LogP contribution in [0.1, 0.15) is 5.69 Å². The summed E-state index contributed by atoms with van der Waals surface area (Å²) in [5.41, 5.74) is 0.306. The van der Waals surface area contributed by atoms with E-state index in [2.05, 4.69) is 20.9 Å². The summed E-state index contributed by atoms with van der Waals surface area (Å²) in [7, 11) is 2.89. The van der Waals surface area contributed by atoms with Crippen molar-refractivity contribution >= 4 is 35.7 Å². The van der Waals surface area contributed by atoms with Gasteiger partial charge in [-0.05, 0) is 28.9 Å². The molecule has 0 atom stereocenters. The van der Waals surface area contributed by atoms with Crippen LogP contribution in [0.2, 0.25) is 0 Å². The normalized spacial score (nSPS) is 11.4. The number of aromatic nitrogens is 1. The summed E-state index contributed by atoms with van der Waals surface area (Å²) in [5, 5.41) is 0. The Morgan fingerprint density at radius 2 is 2.14 bits per heavy atom. The SMILES string of the molecule is COc1nc(C)c(S(=O)(=O)Cl)cc1Br. The first kappa shape index (κ1) is 11.7. The van der Waals surface area contributed by atoms with E-state index in [1.54, 1.807) is 6.92 Å². The van der Waals surface area contributed by atoms with Crippen molar-refractivity contribution in [2.24, 2.45) is 0 Å². The molecule has 78 valence electrons. The van der Waals surface area contributed by atoms with E-state index in [0.717, 1.165) is 0 Å². The van der Waals surface area contributed by atoms with Crippen molar-refractivity contribution in [3.63, 3.8) is 0 Å². The predicted octanol–water partition coefficient (Wildman–Crippen LogP) is 2.09. The summed E-state index contributed by atoms with van der Waals surface area (Å²) < 4.78 is 27.5. The Bertz CT molecular complexity index is 460. The van der Waals surface area contributed by atoms with Crippen LogP contribution in [0.25, 0.3) is 0 Å². The van der Waals surface area contributed by atoms with Crippen molar-refractivity contribution < 1.29 is 13.2 Å². The highest BCUT2D eigenvalue weighted by Crippen LogP contribution is 2.28. The number of aryl methyl sites for hydroxylation is 1. The van der Waals surface area contributed by atoms with Gasteiger partial charge in [0.2, 0.25) is 5.88 Å². The number of rotatable bonds is 2. The second-order valence-electron chi connectivity index (χ2n) is 2.50. The molecule has 1 aromatic heterocycles. The largest absolute Gasteiger partial charge is 0.480 e. The van der Waals surface area contributed by atoms with Crippen LogP contribution in [0.4, 0.5) is 0 Å². The Morgan fingerprint density at radius 3 is 2.57 bits per heavy atom. The van der Waals surface area contributed by atoms with E-state index in [1.165, 1.54) is 13.2 Å². The van der Waals surface area contributed by atoms with E-state index < -0.39 is 9.05 Å². The van der Waals surface area contributed by atoms with Crippen molar-refractivity contribution in [2.45, 2.75) is 11.8 Å². The third-order valence-corrected chi connectivity index (χ3v) is 3.55. The van der Waals surface area contributed by atoms with Gasteiger partial charge in [-0.2, -0.15) is 0 Å². The zero-order chi connectivity index (χ0) is 10.9. The summed E-state index contributed by atoms with van der Waals surface area (Å²) >= 11 is 3.12. The second-order valence-corrected chi connectivity index (χ2v) is 5.89. The highest BCUT2D eigenvalue weighted by atomic mass is 79.9. The maximum absolute atomic E-state index is 11.1.